The third-order valence-electron chi connectivity index (χ3n) is 2.17. The van der Waals surface area contributed by atoms with E-state index in [0.717, 1.165) is 28.6 Å². The van der Waals surface area contributed by atoms with Gasteiger partial charge in [0.2, 0.25) is 0 Å². The highest BCUT2D eigenvalue weighted by molar-refractivity contribution is 7.13. The summed E-state index contributed by atoms with van der Waals surface area (Å²) in [4.78, 5) is 12.9. The first kappa shape index (κ1) is 11.0. The Morgan fingerprint density at radius 3 is 2.75 bits per heavy atom. The lowest BCUT2D eigenvalue weighted by atomic mass is 10.4. The van der Waals surface area contributed by atoms with Crippen LogP contribution in [0.4, 0.5) is 5.13 Å². The highest BCUT2D eigenvalue weighted by Crippen LogP contribution is 2.16. The fourth-order valence-corrected chi connectivity index (χ4v) is 2.02. The summed E-state index contributed by atoms with van der Waals surface area (Å²) in [5, 5.41) is 6.26. The lowest BCUT2D eigenvalue weighted by Gasteiger charge is -2.01. The summed E-state index contributed by atoms with van der Waals surface area (Å²) in [6.45, 7) is 4.70. The SMILES string of the molecule is CCc1csc(NCc2cnc(C)cn2)n1. The summed E-state index contributed by atoms with van der Waals surface area (Å²) in [6.07, 6.45) is 4.54. The second-order valence-corrected chi connectivity index (χ2v) is 4.36. The van der Waals surface area contributed by atoms with Crippen molar-refractivity contribution in [3.63, 3.8) is 0 Å². The molecule has 0 aliphatic carbocycles. The van der Waals surface area contributed by atoms with Crippen LogP contribution < -0.4 is 5.32 Å². The van der Waals surface area contributed by atoms with Crippen molar-refractivity contribution in [3.05, 3.63) is 34.9 Å². The molecule has 0 bridgehead atoms. The molecule has 0 spiro atoms. The predicted molar refractivity (Wildman–Crippen MR) is 65.6 cm³/mol. The summed E-state index contributed by atoms with van der Waals surface area (Å²) >= 11 is 1.63. The van der Waals surface area contributed by atoms with Crippen molar-refractivity contribution < 1.29 is 0 Å². The van der Waals surface area contributed by atoms with Crippen molar-refractivity contribution in [2.45, 2.75) is 26.8 Å². The van der Waals surface area contributed by atoms with Gasteiger partial charge in [-0.25, -0.2) is 4.98 Å². The summed E-state index contributed by atoms with van der Waals surface area (Å²) in [5.74, 6) is 0. The monoisotopic (exact) mass is 234 g/mol. The summed E-state index contributed by atoms with van der Waals surface area (Å²) in [6, 6.07) is 0. The fourth-order valence-electron chi connectivity index (χ4n) is 1.23. The normalized spacial score (nSPS) is 10.4. The number of rotatable bonds is 4. The highest BCUT2D eigenvalue weighted by atomic mass is 32.1. The zero-order chi connectivity index (χ0) is 11.4. The number of hydrogen-bond donors (Lipinski definition) is 1. The van der Waals surface area contributed by atoms with Crippen LogP contribution in [0, 0.1) is 6.92 Å². The zero-order valence-corrected chi connectivity index (χ0v) is 10.2. The van der Waals surface area contributed by atoms with Crippen molar-refractivity contribution in [2.24, 2.45) is 0 Å². The van der Waals surface area contributed by atoms with Crippen LogP contribution in [-0.4, -0.2) is 15.0 Å². The van der Waals surface area contributed by atoms with Crippen LogP contribution in [0.1, 0.15) is 24.0 Å². The molecule has 0 saturated heterocycles. The van der Waals surface area contributed by atoms with E-state index in [0.29, 0.717) is 6.54 Å². The van der Waals surface area contributed by atoms with Crippen LogP contribution in [0.15, 0.2) is 17.8 Å². The molecule has 2 aromatic heterocycles. The Morgan fingerprint density at radius 2 is 2.12 bits per heavy atom. The first-order valence-corrected chi connectivity index (χ1v) is 6.11. The molecular formula is C11H14N4S. The van der Waals surface area contributed by atoms with E-state index >= 15 is 0 Å². The van der Waals surface area contributed by atoms with Gasteiger partial charge in [0.05, 0.1) is 29.8 Å². The number of aromatic nitrogens is 3. The average Bonchev–Trinajstić information content (AvgIpc) is 2.76. The van der Waals surface area contributed by atoms with Crippen molar-refractivity contribution >= 4 is 16.5 Å². The molecule has 0 atom stereocenters. The highest BCUT2D eigenvalue weighted by Gasteiger charge is 2.00. The van der Waals surface area contributed by atoms with Gasteiger partial charge in [0, 0.05) is 11.6 Å². The van der Waals surface area contributed by atoms with Crippen molar-refractivity contribution in [1.82, 2.24) is 15.0 Å². The molecule has 0 amide bonds. The molecular weight excluding hydrogens is 220 g/mol. The molecule has 2 rings (SSSR count). The van der Waals surface area contributed by atoms with Crippen molar-refractivity contribution in [1.29, 1.82) is 0 Å². The molecule has 4 nitrogen and oxygen atoms in total. The van der Waals surface area contributed by atoms with Crippen molar-refractivity contribution in [2.75, 3.05) is 5.32 Å². The first-order chi connectivity index (χ1) is 7.78. The Kier molecular flexibility index (Phi) is 3.46. The molecule has 0 unspecified atom stereocenters. The Balaban J connectivity index is 1.94. The minimum atomic E-state index is 0.671. The number of anilines is 1. The summed E-state index contributed by atoms with van der Waals surface area (Å²) in [7, 11) is 0. The Hall–Kier alpha value is -1.49. The molecule has 0 aliphatic heterocycles. The lowest BCUT2D eigenvalue weighted by Crippen LogP contribution is -2.02. The second kappa shape index (κ2) is 5.03. The van der Waals surface area contributed by atoms with Crippen LogP contribution in [0.2, 0.25) is 0 Å². The maximum atomic E-state index is 4.42. The Morgan fingerprint density at radius 1 is 1.25 bits per heavy atom. The smallest absolute Gasteiger partial charge is 0.183 e. The third-order valence-corrected chi connectivity index (χ3v) is 3.02. The standard InChI is InChI=1S/C11H14N4S/c1-3-9-7-16-11(15-9)14-6-10-5-12-8(2)4-13-10/h4-5,7H,3,6H2,1-2H3,(H,14,15). The first-order valence-electron chi connectivity index (χ1n) is 5.23. The van der Waals surface area contributed by atoms with Gasteiger partial charge in [0.25, 0.3) is 0 Å². The molecule has 84 valence electrons. The van der Waals surface area contributed by atoms with Crippen LogP contribution in [0.25, 0.3) is 0 Å². The zero-order valence-electron chi connectivity index (χ0n) is 9.40. The summed E-state index contributed by atoms with van der Waals surface area (Å²) in [5.41, 5.74) is 2.99. The van der Waals surface area contributed by atoms with Gasteiger partial charge in [-0.2, -0.15) is 0 Å². The molecule has 0 aromatic carbocycles. The number of hydrogen-bond acceptors (Lipinski definition) is 5. The second-order valence-electron chi connectivity index (χ2n) is 3.50. The molecule has 5 heteroatoms. The number of thiazole rings is 1. The van der Waals surface area contributed by atoms with Gasteiger partial charge in [-0.3, -0.25) is 9.97 Å². The Bertz CT molecular complexity index is 449. The quantitative estimate of drug-likeness (QED) is 0.882. The molecule has 0 fully saturated rings. The average molecular weight is 234 g/mol. The van der Waals surface area contributed by atoms with Gasteiger partial charge in [-0.1, -0.05) is 6.92 Å². The van der Waals surface area contributed by atoms with Gasteiger partial charge in [0.1, 0.15) is 0 Å². The molecule has 0 saturated carbocycles. The van der Waals surface area contributed by atoms with E-state index in [-0.39, 0.29) is 0 Å². The maximum Gasteiger partial charge on any atom is 0.183 e. The van der Waals surface area contributed by atoms with E-state index < -0.39 is 0 Å². The topological polar surface area (TPSA) is 50.7 Å². The maximum absolute atomic E-state index is 4.42. The van der Waals surface area contributed by atoms with Crippen LogP contribution in [0.3, 0.4) is 0 Å². The minimum absolute atomic E-state index is 0.671. The van der Waals surface area contributed by atoms with E-state index in [1.54, 1.807) is 23.7 Å². The fraction of sp³-hybridized carbons (Fsp3) is 0.364. The third kappa shape index (κ3) is 2.76. The molecule has 16 heavy (non-hydrogen) atoms. The lowest BCUT2D eigenvalue weighted by molar-refractivity contribution is 0.976. The van der Waals surface area contributed by atoms with E-state index in [1.807, 2.05) is 6.92 Å². The molecule has 0 aliphatic rings. The van der Waals surface area contributed by atoms with Gasteiger partial charge >= 0.3 is 0 Å². The predicted octanol–water partition coefficient (Wildman–Crippen LogP) is 2.42. The van der Waals surface area contributed by atoms with Crippen LogP contribution in [0.5, 0.6) is 0 Å². The summed E-state index contributed by atoms with van der Waals surface area (Å²) < 4.78 is 0. The molecule has 1 N–H and O–H groups in total. The van der Waals surface area contributed by atoms with Crippen molar-refractivity contribution in [3.8, 4) is 0 Å². The minimum Gasteiger partial charge on any atom is -0.356 e. The van der Waals surface area contributed by atoms with E-state index in [9.17, 15) is 0 Å². The van der Waals surface area contributed by atoms with Gasteiger partial charge < -0.3 is 5.32 Å². The van der Waals surface area contributed by atoms with Crippen LogP contribution in [-0.2, 0) is 13.0 Å². The Labute approximate surface area is 98.8 Å². The van der Waals surface area contributed by atoms with E-state index in [4.69, 9.17) is 0 Å². The van der Waals surface area contributed by atoms with Gasteiger partial charge in [-0.15, -0.1) is 11.3 Å². The number of nitrogens with zero attached hydrogens (tertiary/aromatic N) is 3. The van der Waals surface area contributed by atoms with Gasteiger partial charge in [-0.05, 0) is 13.3 Å². The molecule has 2 aromatic rings. The molecule has 2 heterocycles. The van der Waals surface area contributed by atoms with E-state index in [2.05, 4.69) is 32.6 Å². The number of nitrogens with one attached hydrogen (secondary N) is 1. The van der Waals surface area contributed by atoms with E-state index in [1.165, 1.54) is 0 Å². The molecule has 0 radical (unpaired) electrons. The van der Waals surface area contributed by atoms with Crippen LogP contribution >= 0.6 is 11.3 Å². The number of aryl methyl sites for hydroxylation is 2. The van der Waals surface area contributed by atoms with Gasteiger partial charge in [0.15, 0.2) is 5.13 Å². The largest absolute Gasteiger partial charge is 0.356 e.